The third-order valence-corrected chi connectivity index (χ3v) is 1.94. The smallest absolute Gasteiger partial charge is 0.185 e. The van der Waals surface area contributed by atoms with Gasteiger partial charge in [0.2, 0.25) is 0 Å². The van der Waals surface area contributed by atoms with Crippen molar-refractivity contribution < 1.29 is 9.21 Å². The van der Waals surface area contributed by atoms with Crippen molar-refractivity contribution in [3.63, 3.8) is 0 Å². The predicted molar refractivity (Wildman–Crippen MR) is 52.1 cm³/mol. The lowest BCUT2D eigenvalue weighted by atomic mass is 10.2. The second-order valence-electron chi connectivity index (χ2n) is 3.01. The largest absolute Gasteiger partial charge is 0.453 e. The van der Waals surface area contributed by atoms with Gasteiger partial charge in [-0.25, -0.2) is 0 Å². The molecule has 0 radical (unpaired) electrons. The topological polar surface area (TPSA) is 43.1 Å². The van der Waals surface area contributed by atoms with E-state index in [-0.39, 0.29) is 0 Å². The summed E-state index contributed by atoms with van der Waals surface area (Å²) in [5.41, 5.74) is 1.83. The summed E-state index contributed by atoms with van der Waals surface area (Å²) in [4.78, 5) is 14.5. The Morgan fingerprint density at radius 1 is 1.29 bits per heavy atom. The number of aromatic nitrogens is 1. The molecule has 0 amide bonds. The van der Waals surface area contributed by atoms with Gasteiger partial charge in [0, 0.05) is 17.5 Å². The maximum Gasteiger partial charge on any atom is 0.185 e. The van der Waals surface area contributed by atoms with Crippen LogP contribution in [-0.4, -0.2) is 11.3 Å². The van der Waals surface area contributed by atoms with Crippen LogP contribution >= 0.6 is 0 Å². The third kappa shape index (κ3) is 1.57. The van der Waals surface area contributed by atoms with Crippen molar-refractivity contribution in [2.75, 3.05) is 0 Å². The van der Waals surface area contributed by atoms with Crippen LogP contribution in [0.2, 0.25) is 0 Å². The molecule has 0 saturated heterocycles. The highest BCUT2D eigenvalue weighted by atomic mass is 16.3. The Morgan fingerprint density at radius 2 is 2.14 bits per heavy atom. The van der Waals surface area contributed by atoms with Gasteiger partial charge in [-0.3, -0.25) is 9.78 Å². The molecule has 0 N–H and O–H groups in total. The van der Waals surface area contributed by atoms with Crippen molar-refractivity contribution in [1.82, 2.24) is 4.98 Å². The number of carbonyl (C=O) groups is 1. The van der Waals surface area contributed by atoms with E-state index in [9.17, 15) is 4.79 Å². The summed E-state index contributed by atoms with van der Waals surface area (Å²) < 4.78 is 5.25. The van der Waals surface area contributed by atoms with Gasteiger partial charge in [0.25, 0.3) is 0 Å². The predicted octanol–water partition coefficient (Wildman–Crippen LogP) is 2.46. The Kier molecular flexibility index (Phi) is 2.14. The first-order valence-electron chi connectivity index (χ1n) is 4.27. The zero-order valence-corrected chi connectivity index (χ0v) is 7.73. The molecule has 0 aliphatic carbocycles. The zero-order chi connectivity index (χ0) is 9.97. The van der Waals surface area contributed by atoms with E-state index in [0.29, 0.717) is 17.8 Å². The van der Waals surface area contributed by atoms with Crippen LogP contribution < -0.4 is 0 Å². The summed E-state index contributed by atoms with van der Waals surface area (Å²) in [7, 11) is 0. The second-order valence-corrected chi connectivity index (χ2v) is 3.01. The van der Waals surface area contributed by atoms with Crippen LogP contribution in [0.25, 0.3) is 11.3 Å². The maximum absolute atomic E-state index is 10.4. The standard InChI is InChI=1S/C11H9NO2/c1-8-2-3-9(6-12-8)11-5-4-10(7-13)14-11/h2-7H,1H3. The van der Waals surface area contributed by atoms with E-state index in [1.165, 1.54) is 0 Å². The fourth-order valence-corrected chi connectivity index (χ4v) is 1.18. The molecule has 3 nitrogen and oxygen atoms in total. The van der Waals surface area contributed by atoms with E-state index in [4.69, 9.17) is 4.42 Å². The van der Waals surface area contributed by atoms with Crippen LogP contribution in [0.15, 0.2) is 34.9 Å². The van der Waals surface area contributed by atoms with Crippen molar-refractivity contribution in [1.29, 1.82) is 0 Å². The van der Waals surface area contributed by atoms with Crippen molar-refractivity contribution >= 4 is 6.29 Å². The van der Waals surface area contributed by atoms with E-state index in [1.54, 1.807) is 18.3 Å². The van der Waals surface area contributed by atoms with Gasteiger partial charge in [0.05, 0.1) is 0 Å². The molecule has 14 heavy (non-hydrogen) atoms. The quantitative estimate of drug-likeness (QED) is 0.678. The molecule has 0 fully saturated rings. The lowest BCUT2D eigenvalue weighted by Gasteiger charge is -1.95. The van der Waals surface area contributed by atoms with Gasteiger partial charge in [0.1, 0.15) is 5.76 Å². The minimum atomic E-state index is 0.334. The first-order chi connectivity index (χ1) is 6.79. The fourth-order valence-electron chi connectivity index (χ4n) is 1.18. The zero-order valence-electron chi connectivity index (χ0n) is 7.73. The molecular weight excluding hydrogens is 178 g/mol. The summed E-state index contributed by atoms with van der Waals surface area (Å²) in [6.07, 6.45) is 2.41. The molecule has 70 valence electrons. The first-order valence-corrected chi connectivity index (χ1v) is 4.27. The minimum absolute atomic E-state index is 0.334. The van der Waals surface area contributed by atoms with Crippen LogP contribution in [0.5, 0.6) is 0 Å². The van der Waals surface area contributed by atoms with Crippen LogP contribution in [0.1, 0.15) is 16.2 Å². The van der Waals surface area contributed by atoms with Gasteiger partial charge in [-0.05, 0) is 31.2 Å². The fraction of sp³-hybridized carbons (Fsp3) is 0.0909. The lowest BCUT2D eigenvalue weighted by molar-refractivity contribution is 0.110. The Morgan fingerprint density at radius 3 is 2.71 bits per heavy atom. The summed E-state index contributed by atoms with van der Waals surface area (Å²) in [6.45, 7) is 1.92. The molecular formula is C11H9NO2. The van der Waals surface area contributed by atoms with Gasteiger partial charge >= 0.3 is 0 Å². The molecule has 0 aliphatic heterocycles. The highest BCUT2D eigenvalue weighted by Gasteiger charge is 2.03. The molecule has 2 rings (SSSR count). The first kappa shape index (κ1) is 8.69. The number of furan rings is 1. The van der Waals surface area contributed by atoms with E-state index in [2.05, 4.69) is 4.98 Å². The summed E-state index contributed by atoms with van der Waals surface area (Å²) in [6, 6.07) is 7.21. The number of nitrogens with zero attached hydrogens (tertiary/aromatic N) is 1. The Bertz CT molecular complexity index is 443. The second kappa shape index (κ2) is 3.46. The van der Waals surface area contributed by atoms with Crippen molar-refractivity contribution in [2.45, 2.75) is 6.92 Å². The normalized spacial score (nSPS) is 10.1. The van der Waals surface area contributed by atoms with Crippen LogP contribution in [0.3, 0.4) is 0 Å². The molecule has 0 saturated carbocycles. The van der Waals surface area contributed by atoms with E-state index < -0.39 is 0 Å². The molecule has 2 aromatic rings. The maximum atomic E-state index is 10.4. The van der Waals surface area contributed by atoms with Crippen molar-refractivity contribution in [2.24, 2.45) is 0 Å². The van der Waals surface area contributed by atoms with Gasteiger partial charge in [0.15, 0.2) is 12.0 Å². The average molecular weight is 187 g/mol. The Balaban J connectivity index is 2.39. The van der Waals surface area contributed by atoms with Gasteiger partial charge in [-0.1, -0.05) is 0 Å². The highest BCUT2D eigenvalue weighted by Crippen LogP contribution is 2.20. The third-order valence-electron chi connectivity index (χ3n) is 1.94. The Labute approximate surface area is 81.4 Å². The summed E-state index contributed by atoms with van der Waals surface area (Å²) >= 11 is 0. The molecule has 0 aromatic carbocycles. The molecule has 2 aromatic heterocycles. The molecule has 2 heterocycles. The molecule has 0 atom stereocenters. The average Bonchev–Trinajstić information content (AvgIpc) is 2.67. The van der Waals surface area contributed by atoms with E-state index >= 15 is 0 Å². The van der Waals surface area contributed by atoms with Gasteiger partial charge in [-0.15, -0.1) is 0 Å². The number of hydrogen-bond donors (Lipinski definition) is 0. The molecule has 3 heteroatoms. The van der Waals surface area contributed by atoms with Gasteiger partial charge in [-0.2, -0.15) is 0 Å². The molecule has 0 aliphatic rings. The number of aldehydes is 1. The number of carbonyl (C=O) groups excluding carboxylic acids is 1. The molecule has 0 bridgehead atoms. The number of aryl methyl sites for hydroxylation is 1. The van der Waals surface area contributed by atoms with Gasteiger partial charge < -0.3 is 4.42 Å². The van der Waals surface area contributed by atoms with Crippen LogP contribution in [-0.2, 0) is 0 Å². The summed E-state index contributed by atoms with van der Waals surface area (Å²) in [5.74, 6) is 1.00. The van der Waals surface area contributed by atoms with Crippen LogP contribution in [0.4, 0.5) is 0 Å². The molecule has 0 spiro atoms. The van der Waals surface area contributed by atoms with Crippen molar-refractivity contribution in [3.05, 3.63) is 41.9 Å². The molecule has 0 unspecified atom stereocenters. The van der Waals surface area contributed by atoms with Crippen LogP contribution in [0, 0.1) is 6.92 Å². The highest BCUT2D eigenvalue weighted by molar-refractivity contribution is 5.72. The van der Waals surface area contributed by atoms with E-state index in [1.807, 2.05) is 19.1 Å². The number of pyridine rings is 1. The Hall–Kier alpha value is -1.90. The SMILES string of the molecule is Cc1ccc(-c2ccc(C=O)o2)cn1. The van der Waals surface area contributed by atoms with E-state index in [0.717, 1.165) is 11.3 Å². The van der Waals surface area contributed by atoms with Crippen molar-refractivity contribution in [3.8, 4) is 11.3 Å². The minimum Gasteiger partial charge on any atom is -0.453 e. The monoisotopic (exact) mass is 187 g/mol. The number of hydrogen-bond acceptors (Lipinski definition) is 3. The number of rotatable bonds is 2. The summed E-state index contributed by atoms with van der Waals surface area (Å²) in [5, 5.41) is 0. The lowest BCUT2D eigenvalue weighted by Crippen LogP contribution is -1.80.